The van der Waals surface area contributed by atoms with Crippen LogP contribution in [0.25, 0.3) is 0 Å². The molecule has 11 heavy (non-hydrogen) atoms. The molecule has 0 spiro atoms. The summed E-state index contributed by atoms with van der Waals surface area (Å²) in [5, 5.41) is 18.7. The monoisotopic (exact) mass is 168 g/mol. The lowest BCUT2D eigenvalue weighted by Gasteiger charge is -2.02. The molecule has 3 nitrogen and oxygen atoms in total. The van der Waals surface area contributed by atoms with E-state index in [0.29, 0.717) is 27.3 Å². The maximum atomic E-state index is 10.3. The van der Waals surface area contributed by atoms with Gasteiger partial charge in [-0.1, -0.05) is 0 Å². The van der Waals surface area contributed by atoms with Crippen LogP contribution in [0, 0.1) is 0 Å². The minimum absolute atomic E-state index is 0.165. The molecule has 2 N–H and O–H groups in total. The van der Waals surface area contributed by atoms with Crippen molar-refractivity contribution in [2.45, 2.75) is 0 Å². The Kier molecular flexibility index (Phi) is 1.95. The zero-order chi connectivity index (χ0) is 8.43. The third-order valence-electron chi connectivity index (χ3n) is 1.58. The van der Waals surface area contributed by atoms with Crippen LogP contribution in [0.2, 0.25) is 0 Å². The first kappa shape index (κ1) is 7.81. The van der Waals surface area contributed by atoms with Gasteiger partial charge in [-0.05, 0) is 17.3 Å². The van der Waals surface area contributed by atoms with Crippen molar-refractivity contribution in [3.05, 3.63) is 17.7 Å². The van der Waals surface area contributed by atoms with E-state index in [-0.39, 0.29) is 11.5 Å². The highest BCUT2D eigenvalue weighted by molar-refractivity contribution is 6.37. The molecule has 0 radical (unpaired) electrons. The van der Waals surface area contributed by atoms with Gasteiger partial charge in [0.1, 0.15) is 6.29 Å². The summed E-state index contributed by atoms with van der Waals surface area (Å²) in [7, 11) is 0.545. The summed E-state index contributed by atoms with van der Waals surface area (Å²) in [6.07, 6.45) is 0.668. The molecule has 0 saturated carbocycles. The van der Waals surface area contributed by atoms with Crippen molar-refractivity contribution in [3.8, 4) is 11.5 Å². The van der Waals surface area contributed by atoms with Crippen LogP contribution in [0.4, 0.5) is 0 Å². The molecule has 0 heterocycles. The van der Waals surface area contributed by atoms with E-state index in [2.05, 4.69) is 0 Å². The fraction of sp³-hybridized carbons (Fsp3) is 0. The van der Waals surface area contributed by atoms with Gasteiger partial charge in [0.2, 0.25) is 0 Å². The van der Waals surface area contributed by atoms with E-state index in [1.165, 1.54) is 12.1 Å². The van der Waals surface area contributed by atoms with Gasteiger partial charge in [0.15, 0.2) is 11.5 Å². The van der Waals surface area contributed by atoms with E-state index in [0.717, 1.165) is 0 Å². The number of hydrogen-bond acceptors (Lipinski definition) is 3. The van der Waals surface area contributed by atoms with Crippen molar-refractivity contribution in [2.75, 3.05) is 0 Å². The summed E-state index contributed by atoms with van der Waals surface area (Å²) in [4.78, 5) is 10.3. The van der Waals surface area contributed by atoms with E-state index < -0.39 is 0 Å². The summed E-state index contributed by atoms with van der Waals surface area (Å²) in [6.45, 7) is 0. The predicted octanol–water partition coefficient (Wildman–Crippen LogP) is -1.10. The Morgan fingerprint density at radius 1 is 1.36 bits per heavy atom. The van der Waals surface area contributed by atoms with Gasteiger partial charge in [-0.3, -0.25) is 4.79 Å². The number of rotatable bonds is 1. The highest BCUT2D eigenvalue weighted by atomic mass is 28.1. The fourth-order valence-electron chi connectivity index (χ4n) is 0.829. The number of hydrogen-bond donors (Lipinski definition) is 2. The van der Waals surface area contributed by atoms with Crippen molar-refractivity contribution in [2.24, 2.45) is 0 Å². The quantitative estimate of drug-likeness (QED) is 0.318. The van der Waals surface area contributed by atoms with Crippen molar-refractivity contribution in [1.29, 1.82) is 0 Å². The molecule has 0 aliphatic carbocycles. The number of phenols is 2. The van der Waals surface area contributed by atoms with Gasteiger partial charge < -0.3 is 10.2 Å². The lowest BCUT2D eigenvalue weighted by Crippen LogP contribution is -2.09. The number of phenolic OH excluding ortho intramolecular Hbond substituents is 2. The minimum Gasteiger partial charge on any atom is -0.504 e. The summed E-state index contributed by atoms with van der Waals surface area (Å²) >= 11 is 0. The zero-order valence-electron chi connectivity index (χ0n) is 6.03. The average molecular weight is 168 g/mol. The van der Waals surface area contributed by atoms with Gasteiger partial charge in [-0.2, -0.15) is 0 Å². The molecule has 1 rings (SSSR count). The Bertz CT molecular complexity index is 296. The van der Waals surface area contributed by atoms with Crippen molar-refractivity contribution in [3.63, 3.8) is 0 Å². The maximum Gasteiger partial charge on any atom is 0.157 e. The maximum absolute atomic E-state index is 10.3. The molecule has 0 aromatic heterocycles. The fourth-order valence-corrected chi connectivity index (χ4v) is 1.37. The number of carbonyl (C=O) groups excluding carboxylic acids is 1. The SMILES string of the molecule is O=Cc1ccc(O)c(O)c1[SiH3]. The smallest absolute Gasteiger partial charge is 0.157 e. The lowest BCUT2D eigenvalue weighted by atomic mass is 10.2. The molecule has 0 aliphatic rings. The van der Waals surface area contributed by atoms with Crippen LogP contribution in [0.15, 0.2) is 12.1 Å². The highest BCUT2D eigenvalue weighted by Crippen LogP contribution is 2.20. The van der Waals surface area contributed by atoms with Crippen LogP contribution in [0.1, 0.15) is 10.4 Å². The van der Waals surface area contributed by atoms with Gasteiger partial charge >= 0.3 is 0 Å². The normalized spacial score (nSPS) is 9.82. The van der Waals surface area contributed by atoms with Gasteiger partial charge in [-0.15, -0.1) is 0 Å². The molecule has 0 saturated heterocycles. The Morgan fingerprint density at radius 2 is 2.00 bits per heavy atom. The Balaban J connectivity index is 3.36. The lowest BCUT2D eigenvalue weighted by molar-refractivity contribution is 0.112. The first-order chi connectivity index (χ1) is 5.16. The van der Waals surface area contributed by atoms with Crippen LogP contribution in [-0.2, 0) is 0 Å². The van der Waals surface area contributed by atoms with E-state index in [1.54, 1.807) is 0 Å². The van der Waals surface area contributed by atoms with Gasteiger partial charge in [0, 0.05) is 15.8 Å². The standard InChI is InChI=1S/C7H8O3Si/c8-3-4-1-2-5(9)6(10)7(4)11/h1-3,9-10H,11H3. The summed E-state index contributed by atoms with van der Waals surface area (Å²) in [5.74, 6) is -0.332. The molecule has 0 aliphatic heterocycles. The first-order valence-electron chi connectivity index (χ1n) is 3.13. The molecule has 0 bridgehead atoms. The third-order valence-corrected chi connectivity index (χ3v) is 2.63. The van der Waals surface area contributed by atoms with Crippen molar-refractivity contribution >= 4 is 21.7 Å². The van der Waals surface area contributed by atoms with Crippen LogP contribution in [-0.4, -0.2) is 26.7 Å². The molecule has 0 amide bonds. The van der Waals surface area contributed by atoms with E-state index in [9.17, 15) is 4.79 Å². The minimum atomic E-state index is -0.166. The van der Waals surface area contributed by atoms with E-state index in [1.807, 2.05) is 0 Å². The molecular weight excluding hydrogens is 160 g/mol. The Morgan fingerprint density at radius 3 is 2.55 bits per heavy atom. The Labute approximate surface area is 66.7 Å². The molecule has 0 atom stereocenters. The number of aldehydes is 1. The van der Waals surface area contributed by atoms with Gasteiger partial charge in [0.25, 0.3) is 0 Å². The predicted molar refractivity (Wildman–Crippen MR) is 44.7 cm³/mol. The molecule has 0 fully saturated rings. The van der Waals surface area contributed by atoms with E-state index in [4.69, 9.17) is 10.2 Å². The number of benzene rings is 1. The van der Waals surface area contributed by atoms with Gasteiger partial charge in [0.05, 0.1) is 0 Å². The van der Waals surface area contributed by atoms with Crippen LogP contribution < -0.4 is 5.19 Å². The van der Waals surface area contributed by atoms with Crippen LogP contribution in [0.5, 0.6) is 11.5 Å². The second-order valence-electron chi connectivity index (χ2n) is 2.27. The van der Waals surface area contributed by atoms with Crippen molar-refractivity contribution in [1.82, 2.24) is 0 Å². The molecular formula is C7H8O3Si. The molecule has 58 valence electrons. The van der Waals surface area contributed by atoms with E-state index >= 15 is 0 Å². The highest BCUT2D eigenvalue weighted by Gasteiger charge is 2.05. The third kappa shape index (κ3) is 1.25. The topological polar surface area (TPSA) is 57.5 Å². The number of aromatic hydroxyl groups is 2. The molecule has 1 aromatic rings. The first-order valence-corrected chi connectivity index (χ1v) is 4.13. The molecule has 0 unspecified atom stereocenters. The summed E-state index contributed by atoms with van der Waals surface area (Å²) in [5.41, 5.74) is 0.451. The largest absolute Gasteiger partial charge is 0.504 e. The van der Waals surface area contributed by atoms with Gasteiger partial charge in [-0.25, -0.2) is 0 Å². The Hall–Kier alpha value is -1.29. The molecule has 4 heteroatoms. The zero-order valence-corrected chi connectivity index (χ0v) is 8.03. The number of carbonyl (C=O) groups is 1. The second-order valence-corrected chi connectivity index (χ2v) is 3.27. The average Bonchev–Trinajstić information content (AvgIpc) is 2.01. The van der Waals surface area contributed by atoms with Crippen LogP contribution in [0.3, 0.4) is 0 Å². The summed E-state index contributed by atoms with van der Waals surface area (Å²) in [6, 6.07) is 2.80. The summed E-state index contributed by atoms with van der Waals surface area (Å²) < 4.78 is 0. The molecule has 1 aromatic carbocycles. The van der Waals surface area contributed by atoms with Crippen LogP contribution >= 0.6 is 0 Å². The second kappa shape index (κ2) is 2.75. The van der Waals surface area contributed by atoms with Crippen molar-refractivity contribution < 1.29 is 15.0 Å².